The van der Waals surface area contributed by atoms with Crippen LogP contribution in [0, 0.1) is 19.7 Å². The third-order valence-corrected chi connectivity index (χ3v) is 4.30. The molecule has 1 N–H and O–H groups in total. The lowest BCUT2D eigenvalue weighted by atomic mass is 9.97. The normalized spacial score (nSPS) is 18.2. The van der Waals surface area contributed by atoms with E-state index in [-0.39, 0.29) is 17.6 Å². The van der Waals surface area contributed by atoms with Crippen molar-refractivity contribution in [1.82, 2.24) is 10.5 Å². The number of nitrogens with one attached hydrogen (secondary N) is 1. The van der Waals surface area contributed by atoms with E-state index in [1.165, 1.54) is 29.2 Å². The van der Waals surface area contributed by atoms with Gasteiger partial charge in [-0.15, -0.1) is 0 Å². The summed E-state index contributed by atoms with van der Waals surface area (Å²) >= 11 is 0. The Hall–Kier alpha value is -2.70. The summed E-state index contributed by atoms with van der Waals surface area (Å²) in [6.07, 6.45) is 0. The molecule has 2 amide bonds. The molecule has 1 aliphatic heterocycles. The molecule has 6 nitrogen and oxygen atoms in total. The van der Waals surface area contributed by atoms with Crippen LogP contribution in [0.4, 0.5) is 10.1 Å². The Kier molecular flexibility index (Phi) is 4.09. The van der Waals surface area contributed by atoms with Crippen molar-refractivity contribution in [3.63, 3.8) is 0 Å². The van der Waals surface area contributed by atoms with E-state index in [9.17, 15) is 14.0 Å². The lowest BCUT2D eigenvalue weighted by Crippen LogP contribution is -2.64. The van der Waals surface area contributed by atoms with Gasteiger partial charge in [0.25, 0.3) is 5.91 Å². The smallest absolute Gasteiger partial charge is 0.251 e. The van der Waals surface area contributed by atoms with Gasteiger partial charge in [0.15, 0.2) is 0 Å². The van der Waals surface area contributed by atoms with E-state index in [4.69, 9.17) is 4.52 Å². The molecule has 2 heterocycles. The molecule has 7 heteroatoms. The molecule has 1 aliphatic rings. The third-order valence-electron chi connectivity index (χ3n) is 4.30. The number of carbonyl (C=O) groups excluding carboxylic acids is 2. The maximum atomic E-state index is 12.9. The van der Waals surface area contributed by atoms with Crippen LogP contribution < -0.4 is 10.2 Å². The van der Waals surface area contributed by atoms with Gasteiger partial charge >= 0.3 is 0 Å². The van der Waals surface area contributed by atoms with Gasteiger partial charge in [-0.05, 0) is 45.0 Å². The van der Waals surface area contributed by atoms with Gasteiger partial charge in [0.2, 0.25) is 5.91 Å². The number of benzene rings is 1. The van der Waals surface area contributed by atoms with E-state index in [2.05, 4.69) is 10.5 Å². The fraction of sp³-hybridized carbons (Fsp3) is 0.353. The van der Waals surface area contributed by atoms with Crippen LogP contribution in [0.3, 0.4) is 0 Å². The van der Waals surface area contributed by atoms with Gasteiger partial charge in [0.05, 0.1) is 18.2 Å². The zero-order valence-corrected chi connectivity index (χ0v) is 13.7. The van der Waals surface area contributed by atoms with Gasteiger partial charge in [-0.1, -0.05) is 5.16 Å². The Morgan fingerprint density at radius 1 is 1.38 bits per heavy atom. The Morgan fingerprint density at radius 3 is 2.58 bits per heavy atom. The minimum Gasteiger partial charge on any atom is -0.361 e. The molecule has 126 valence electrons. The molecule has 0 aliphatic carbocycles. The van der Waals surface area contributed by atoms with Crippen molar-refractivity contribution in [3.8, 4) is 0 Å². The first-order valence-electron chi connectivity index (χ1n) is 7.68. The summed E-state index contributed by atoms with van der Waals surface area (Å²) in [5.74, 6) is -0.667. The quantitative estimate of drug-likeness (QED) is 0.870. The summed E-state index contributed by atoms with van der Waals surface area (Å²) in [5.41, 5.74) is 2.03. The Morgan fingerprint density at radius 2 is 2.04 bits per heavy atom. The molecule has 0 saturated carbocycles. The van der Waals surface area contributed by atoms with Crippen molar-refractivity contribution >= 4 is 17.5 Å². The van der Waals surface area contributed by atoms with Gasteiger partial charge in [0, 0.05) is 11.3 Å². The van der Waals surface area contributed by atoms with Gasteiger partial charge in [-0.2, -0.15) is 0 Å². The molecule has 1 aromatic carbocycles. The monoisotopic (exact) mass is 331 g/mol. The highest BCUT2D eigenvalue weighted by Gasteiger charge is 2.39. The number of β-lactam (4-membered cyclic amide) rings is 1. The SMILES string of the molecule is Cc1noc(C)c1C(C)C(=O)NC1CN(c2ccc(F)cc2)C1=O. The molecule has 0 radical (unpaired) electrons. The van der Waals surface area contributed by atoms with E-state index < -0.39 is 12.0 Å². The van der Waals surface area contributed by atoms with Crippen LogP contribution >= 0.6 is 0 Å². The number of carbonyl (C=O) groups is 2. The first-order valence-corrected chi connectivity index (χ1v) is 7.68. The van der Waals surface area contributed by atoms with Crippen LogP contribution in [-0.2, 0) is 9.59 Å². The number of hydrogen-bond acceptors (Lipinski definition) is 4. The number of amides is 2. The highest BCUT2D eigenvalue weighted by atomic mass is 19.1. The van der Waals surface area contributed by atoms with Crippen LogP contribution in [0.1, 0.15) is 29.9 Å². The first kappa shape index (κ1) is 16.2. The number of aromatic nitrogens is 1. The number of hydrogen-bond donors (Lipinski definition) is 1. The van der Waals surface area contributed by atoms with Crippen molar-refractivity contribution in [3.05, 3.63) is 47.1 Å². The minimum absolute atomic E-state index is 0.207. The number of aryl methyl sites for hydroxylation is 2. The number of nitrogens with zero attached hydrogens (tertiary/aromatic N) is 2. The first-order chi connectivity index (χ1) is 11.4. The number of halogens is 1. The topological polar surface area (TPSA) is 75.4 Å². The Balaban J connectivity index is 1.63. The lowest BCUT2D eigenvalue weighted by Gasteiger charge is -2.39. The molecule has 1 aromatic heterocycles. The lowest BCUT2D eigenvalue weighted by molar-refractivity contribution is -0.131. The fourth-order valence-corrected chi connectivity index (χ4v) is 2.92. The molecule has 2 aromatic rings. The molecule has 1 saturated heterocycles. The van der Waals surface area contributed by atoms with E-state index in [0.29, 0.717) is 23.7 Å². The molecule has 24 heavy (non-hydrogen) atoms. The van der Waals surface area contributed by atoms with Crippen LogP contribution in [0.5, 0.6) is 0 Å². The molecule has 1 fully saturated rings. The number of rotatable bonds is 4. The Labute approximate surface area is 138 Å². The van der Waals surface area contributed by atoms with Crippen molar-refractivity contribution < 1.29 is 18.5 Å². The van der Waals surface area contributed by atoms with Crippen LogP contribution in [0.25, 0.3) is 0 Å². The summed E-state index contributed by atoms with van der Waals surface area (Å²) in [6, 6.07) is 5.11. The number of anilines is 1. The van der Waals surface area contributed by atoms with Gasteiger partial charge in [0.1, 0.15) is 17.6 Å². The highest BCUT2D eigenvalue weighted by Crippen LogP contribution is 2.25. The van der Waals surface area contributed by atoms with Crippen molar-refractivity contribution in [2.75, 3.05) is 11.4 Å². The zero-order valence-electron chi connectivity index (χ0n) is 13.7. The standard InChI is InChI=1S/C17H18FN3O3/c1-9(15-10(2)20-24-11(15)3)16(22)19-14-8-21(17(14)23)13-6-4-12(18)5-7-13/h4-7,9,14H,8H2,1-3H3,(H,19,22). The molecule has 2 unspecified atom stereocenters. The summed E-state index contributed by atoms with van der Waals surface area (Å²) in [5, 5.41) is 6.59. The second-order valence-corrected chi connectivity index (χ2v) is 5.95. The summed E-state index contributed by atoms with van der Waals surface area (Å²) in [4.78, 5) is 26.1. The molecular weight excluding hydrogens is 313 g/mol. The fourth-order valence-electron chi connectivity index (χ4n) is 2.92. The maximum absolute atomic E-state index is 12.9. The van der Waals surface area contributed by atoms with Crippen LogP contribution in [0.15, 0.2) is 28.8 Å². The predicted molar refractivity (Wildman–Crippen MR) is 85.1 cm³/mol. The average Bonchev–Trinajstić information content (AvgIpc) is 2.89. The van der Waals surface area contributed by atoms with E-state index >= 15 is 0 Å². The maximum Gasteiger partial charge on any atom is 0.251 e. The zero-order chi connectivity index (χ0) is 17.4. The minimum atomic E-state index is -0.564. The van der Waals surface area contributed by atoms with Crippen molar-refractivity contribution in [2.24, 2.45) is 0 Å². The van der Waals surface area contributed by atoms with Crippen molar-refractivity contribution in [1.29, 1.82) is 0 Å². The molecule has 2 atom stereocenters. The van der Waals surface area contributed by atoms with E-state index in [1.54, 1.807) is 20.8 Å². The third kappa shape index (κ3) is 2.77. The van der Waals surface area contributed by atoms with E-state index in [1.807, 2.05) is 0 Å². The predicted octanol–water partition coefficient (Wildman–Crippen LogP) is 2.07. The van der Waals surface area contributed by atoms with Crippen LogP contribution in [-0.4, -0.2) is 29.6 Å². The van der Waals surface area contributed by atoms with Gasteiger partial charge < -0.3 is 14.7 Å². The molecule has 3 rings (SSSR count). The summed E-state index contributed by atoms with van der Waals surface area (Å²) in [6.45, 7) is 5.65. The van der Waals surface area contributed by atoms with E-state index in [0.717, 1.165) is 5.56 Å². The second-order valence-electron chi connectivity index (χ2n) is 5.95. The molecular formula is C17H18FN3O3. The van der Waals surface area contributed by atoms with Crippen LogP contribution in [0.2, 0.25) is 0 Å². The molecule has 0 bridgehead atoms. The largest absolute Gasteiger partial charge is 0.361 e. The van der Waals surface area contributed by atoms with Gasteiger partial charge in [-0.25, -0.2) is 4.39 Å². The van der Waals surface area contributed by atoms with Crippen molar-refractivity contribution in [2.45, 2.75) is 32.7 Å². The van der Waals surface area contributed by atoms with Gasteiger partial charge in [-0.3, -0.25) is 9.59 Å². The molecule has 0 spiro atoms. The second kappa shape index (κ2) is 6.07. The summed E-state index contributed by atoms with van der Waals surface area (Å²) < 4.78 is 18.0. The average molecular weight is 331 g/mol. The Bertz CT molecular complexity index is 765. The highest BCUT2D eigenvalue weighted by molar-refractivity contribution is 6.06. The summed E-state index contributed by atoms with van der Waals surface area (Å²) in [7, 11) is 0.